The molecule has 0 unspecified atom stereocenters. The molecule has 3 aromatic rings. The maximum Gasteiger partial charge on any atom is 0.228 e. The second kappa shape index (κ2) is 8.69. The van der Waals surface area contributed by atoms with E-state index in [2.05, 4.69) is 25.5 Å². The van der Waals surface area contributed by atoms with E-state index in [9.17, 15) is 9.18 Å². The van der Waals surface area contributed by atoms with Crippen molar-refractivity contribution in [3.05, 3.63) is 35.1 Å². The van der Waals surface area contributed by atoms with Crippen LogP contribution in [0.15, 0.2) is 24.4 Å². The summed E-state index contributed by atoms with van der Waals surface area (Å²) >= 11 is 1.49. The Morgan fingerprint density at radius 2 is 2.20 bits per heavy atom. The van der Waals surface area contributed by atoms with E-state index in [1.165, 1.54) is 11.3 Å². The highest BCUT2D eigenvalue weighted by molar-refractivity contribution is 7.14. The summed E-state index contributed by atoms with van der Waals surface area (Å²) in [4.78, 5) is 23.4. The first-order valence-electron chi connectivity index (χ1n) is 10.1. The first-order chi connectivity index (χ1) is 14.4. The Morgan fingerprint density at radius 1 is 1.37 bits per heavy atom. The van der Waals surface area contributed by atoms with E-state index in [0.717, 1.165) is 26.6 Å². The molecule has 1 N–H and O–H groups in total. The summed E-state index contributed by atoms with van der Waals surface area (Å²) in [6.07, 6.45) is 1.41. The van der Waals surface area contributed by atoms with Crippen LogP contribution in [0.1, 0.15) is 31.0 Å². The Labute approximate surface area is 178 Å². The number of piperidine rings is 1. The van der Waals surface area contributed by atoms with Crippen molar-refractivity contribution in [2.45, 2.75) is 51.9 Å². The first-order valence-corrected chi connectivity index (χ1v) is 10.9. The molecule has 158 valence electrons. The minimum Gasteiger partial charge on any atom is -0.339 e. The molecule has 1 fully saturated rings. The largest absolute Gasteiger partial charge is 0.339 e. The SMILES string of the molecule is Cc1nnc(-c2ccc3cnc(CC(=O)N4CC[C@H](NC(C)C)[C@H](F)C4)cc3n2)s1. The first kappa shape index (κ1) is 20.7. The maximum absolute atomic E-state index is 14.5. The van der Waals surface area contributed by atoms with E-state index in [4.69, 9.17) is 0 Å². The van der Waals surface area contributed by atoms with Gasteiger partial charge >= 0.3 is 0 Å². The lowest BCUT2D eigenvalue weighted by molar-refractivity contribution is -0.133. The molecule has 9 heteroatoms. The van der Waals surface area contributed by atoms with Crippen LogP contribution >= 0.6 is 11.3 Å². The topological polar surface area (TPSA) is 83.9 Å². The van der Waals surface area contributed by atoms with Gasteiger partial charge < -0.3 is 10.2 Å². The summed E-state index contributed by atoms with van der Waals surface area (Å²) in [5, 5.41) is 14.0. The Hall–Kier alpha value is -2.52. The van der Waals surface area contributed by atoms with Crippen molar-refractivity contribution < 1.29 is 9.18 Å². The molecule has 4 heterocycles. The highest BCUT2D eigenvalue weighted by Crippen LogP contribution is 2.24. The van der Waals surface area contributed by atoms with Gasteiger partial charge in [0.15, 0.2) is 5.01 Å². The zero-order valence-electron chi connectivity index (χ0n) is 17.3. The molecule has 0 spiro atoms. The second-order valence-electron chi connectivity index (χ2n) is 7.94. The van der Waals surface area contributed by atoms with Crippen molar-refractivity contribution in [2.24, 2.45) is 0 Å². The third kappa shape index (κ3) is 4.62. The van der Waals surface area contributed by atoms with E-state index >= 15 is 0 Å². The van der Waals surface area contributed by atoms with Crippen molar-refractivity contribution in [3.8, 4) is 10.7 Å². The molecule has 7 nitrogen and oxygen atoms in total. The number of nitrogens with zero attached hydrogens (tertiary/aromatic N) is 5. The summed E-state index contributed by atoms with van der Waals surface area (Å²) in [6, 6.07) is 5.68. The van der Waals surface area contributed by atoms with Crippen LogP contribution in [0.4, 0.5) is 4.39 Å². The van der Waals surface area contributed by atoms with Crippen molar-refractivity contribution in [2.75, 3.05) is 13.1 Å². The fourth-order valence-corrected chi connectivity index (χ4v) is 4.35. The average Bonchev–Trinajstić information content (AvgIpc) is 3.15. The van der Waals surface area contributed by atoms with Crippen LogP contribution in [0.5, 0.6) is 0 Å². The van der Waals surface area contributed by atoms with E-state index in [1.807, 2.05) is 39.0 Å². The van der Waals surface area contributed by atoms with Crippen LogP contribution in [0, 0.1) is 6.92 Å². The zero-order chi connectivity index (χ0) is 21.3. The molecule has 0 saturated carbocycles. The van der Waals surface area contributed by atoms with E-state index < -0.39 is 6.17 Å². The minimum atomic E-state index is -1.06. The third-order valence-corrected chi connectivity index (χ3v) is 6.01. The predicted molar refractivity (Wildman–Crippen MR) is 115 cm³/mol. The Kier molecular flexibility index (Phi) is 6.01. The highest BCUT2D eigenvalue weighted by atomic mass is 32.1. The number of pyridine rings is 2. The maximum atomic E-state index is 14.5. The number of aryl methyl sites for hydroxylation is 1. The van der Waals surface area contributed by atoms with E-state index in [1.54, 1.807) is 11.1 Å². The minimum absolute atomic E-state index is 0.108. The van der Waals surface area contributed by atoms with Gasteiger partial charge in [-0.05, 0) is 31.5 Å². The quantitative estimate of drug-likeness (QED) is 0.673. The molecule has 0 bridgehead atoms. The summed E-state index contributed by atoms with van der Waals surface area (Å²) in [5.74, 6) is -0.108. The Morgan fingerprint density at radius 3 is 2.90 bits per heavy atom. The van der Waals surface area contributed by atoms with Gasteiger partial charge in [-0.25, -0.2) is 9.37 Å². The number of halogens is 1. The number of carbonyl (C=O) groups is 1. The number of aromatic nitrogens is 4. The molecule has 30 heavy (non-hydrogen) atoms. The van der Waals surface area contributed by atoms with Gasteiger partial charge in [-0.3, -0.25) is 9.78 Å². The van der Waals surface area contributed by atoms with Gasteiger partial charge in [0.05, 0.1) is 24.2 Å². The number of hydrogen-bond donors (Lipinski definition) is 1. The number of fused-ring (bicyclic) bond motifs is 1. The number of carbonyl (C=O) groups excluding carboxylic acids is 1. The molecular weight excluding hydrogens is 403 g/mol. The summed E-state index contributed by atoms with van der Waals surface area (Å²) in [5.41, 5.74) is 2.13. The predicted octanol–water partition coefficient (Wildman–Crippen LogP) is 2.94. The number of hydrogen-bond acceptors (Lipinski definition) is 7. The monoisotopic (exact) mass is 428 g/mol. The van der Waals surface area contributed by atoms with E-state index in [-0.39, 0.29) is 31.0 Å². The van der Waals surface area contributed by atoms with Crippen LogP contribution in [0.25, 0.3) is 21.6 Å². The molecule has 1 amide bonds. The third-order valence-electron chi connectivity index (χ3n) is 5.15. The highest BCUT2D eigenvalue weighted by Gasteiger charge is 2.31. The lowest BCUT2D eigenvalue weighted by Gasteiger charge is -2.36. The standard InChI is InChI=1S/C21H25FN6OS/c1-12(2)24-17-6-7-28(11-16(17)22)20(29)9-15-8-19-14(10-23-15)4-5-18(25-19)21-27-26-13(3)30-21/h4-5,8,10,12,16-17,24H,6-7,9,11H2,1-3H3/t16-,17+/m1/s1. The summed E-state index contributed by atoms with van der Waals surface area (Å²) < 4.78 is 14.5. The van der Waals surface area contributed by atoms with E-state index in [0.29, 0.717) is 18.7 Å². The van der Waals surface area contributed by atoms with Crippen LogP contribution in [-0.4, -0.2) is 62.3 Å². The molecule has 4 rings (SSSR count). The van der Waals surface area contributed by atoms with Gasteiger partial charge in [-0.1, -0.05) is 25.2 Å². The second-order valence-corrected chi connectivity index (χ2v) is 9.12. The van der Waals surface area contributed by atoms with Gasteiger partial charge in [0, 0.05) is 30.2 Å². The lowest BCUT2D eigenvalue weighted by Crippen LogP contribution is -2.54. The lowest BCUT2D eigenvalue weighted by atomic mass is 10.0. The molecule has 1 saturated heterocycles. The molecule has 1 aliphatic heterocycles. The molecule has 1 aliphatic rings. The number of alkyl halides is 1. The van der Waals surface area contributed by atoms with Gasteiger partial charge in [-0.2, -0.15) is 0 Å². The smallest absolute Gasteiger partial charge is 0.228 e. The fraction of sp³-hybridized carbons (Fsp3) is 0.476. The van der Waals surface area contributed by atoms with Crippen LogP contribution in [-0.2, 0) is 11.2 Å². The number of nitrogens with one attached hydrogen (secondary N) is 1. The molecular formula is C21H25FN6OS. The van der Waals surface area contributed by atoms with Gasteiger partial charge in [0.2, 0.25) is 5.91 Å². The molecule has 2 atom stereocenters. The molecule has 0 aliphatic carbocycles. The molecule has 0 radical (unpaired) electrons. The summed E-state index contributed by atoms with van der Waals surface area (Å²) in [6.45, 7) is 6.58. The Balaban J connectivity index is 1.46. The number of rotatable bonds is 5. The number of amides is 1. The van der Waals surface area contributed by atoms with Gasteiger partial charge in [-0.15, -0.1) is 10.2 Å². The van der Waals surface area contributed by atoms with Crippen molar-refractivity contribution >= 4 is 28.1 Å². The average molecular weight is 429 g/mol. The molecule has 3 aromatic heterocycles. The molecule has 0 aromatic carbocycles. The van der Waals surface area contributed by atoms with Crippen molar-refractivity contribution in [1.29, 1.82) is 0 Å². The Bertz CT molecular complexity index is 1050. The van der Waals surface area contributed by atoms with Crippen molar-refractivity contribution in [1.82, 2.24) is 30.4 Å². The van der Waals surface area contributed by atoms with Crippen molar-refractivity contribution in [3.63, 3.8) is 0 Å². The normalized spacial score (nSPS) is 19.6. The van der Waals surface area contributed by atoms with Gasteiger partial charge in [0.25, 0.3) is 0 Å². The van der Waals surface area contributed by atoms with Crippen LogP contribution < -0.4 is 5.32 Å². The number of likely N-dealkylation sites (tertiary alicyclic amines) is 1. The van der Waals surface area contributed by atoms with Gasteiger partial charge in [0.1, 0.15) is 16.9 Å². The summed E-state index contributed by atoms with van der Waals surface area (Å²) in [7, 11) is 0. The fourth-order valence-electron chi connectivity index (χ4n) is 3.69. The zero-order valence-corrected chi connectivity index (χ0v) is 18.1. The van der Waals surface area contributed by atoms with Crippen LogP contribution in [0.2, 0.25) is 0 Å². The van der Waals surface area contributed by atoms with Crippen LogP contribution in [0.3, 0.4) is 0 Å².